The Bertz CT molecular complexity index is 432. The molecule has 1 aliphatic rings. The van der Waals surface area contributed by atoms with Crippen molar-refractivity contribution in [2.45, 2.75) is 52.4 Å². The molecular formula is C15H27N5O. The van der Waals surface area contributed by atoms with Crippen molar-refractivity contribution < 1.29 is 4.74 Å². The second kappa shape index (κ2) is 8.00. The Morgan fingerprint density at radius 2 is 1.81 bits per heavy atom. The molecule has 1 heterocycles. The smallest absolute Gasteiger partial charge is 0.323 e. The van der Waals surface area contributed by atoms with E-state index in [1.807, 2.05) is 6.92 Å². The van der Waals surface area contributed by atoms with Crippen LogP contribution in [-0.2, 0) is 0 Å². The van der Waals surface area contributed by atoms with Gasteiger partial charge in [-0.1, -0.05) is 33.1 Å². The molecule has 0 spiro atoms. The molecule has 0 radical (unpaired) electrons. The van der Waals surface area contributed by atoms with Crippen molar-refractivity contribution in [2.75, 3.05) is 24.2 Å². The molecule has 6 heteroatoms. The minimum Gasteiger partial charge on any atom is -0.463 e. The van der Waals surface area contributed by atoms with Crippen LogP contribution in [0.5, 0.6) is 6.01 Å². The molecule has 1 fully saturated rings. The molecule has 118 valence electrons. The maximum absolute atomic E-state index is 5.69. The lowest BCUT2D eigenvalue weighted by Gasteiger charge is -2.27. The molecule has 6 nitrogen and oxygen atoms in total. The Hall–Kier alpha value is -1.59. The second-order valence-electron chi connectivity index (χ2n) is 5.82. The van der Waals surface area contributed by atoms with Crippen LogP contribution in [0.15, 0.2) is 0 Å². The first-order chi connectivity index (χ1) is 10.2. The molecule has 0 aromatic carbocycles. The fourth-order valence-electron chi connectivity index (χ4n) is 2.79. The molecule has 1 saturated carbocycles. The lowest BCUT2D eigenvalue weighted by atomic mass is 9.81. The molecule has 2 rings (SSSR count). The summed E-state index contributed by atoms with van der Waals surface area (Å²) in [7, 11) is 0. The highest BCUT2D eigenvalue weighted by Crippen LogP contribution is 2.30. The van der Waals surface area contributed by atoms with E-state index in [0.29, 0.717) is 24.5 Å². The quantitative estimate of drug-likeness (QED) is 0.804. The molecular weight excluding hydrogens is 266 g/mol. The molecule has 3 N–H and O–H groups in total. The van der Waals surface area contributed by atoms with Crippen LogP contribution < -0.4 is 15.8 Å². The Kier molecular flexibility index (Phi) is 6.02. The van der Waals surface area contributed by atoms with Gasteiger partial charge in [-0.05, 0) is 31.1 Å². The van der Waals surface area contributed by atoms with Crippen LogP contribution in [0.3, 0.4) is 0 Å². The Morgan fingerprint density at radius 1 is 1.10 bits per heavy atom. The summed E-state index contributed by atoms with van der Waals surface area (Å²) in [5.74, 6) is 2.34. The van der Waals surface area contributed by atoms with Gasteiger partial charge in [-0.25, -0.2) is 0 Å². The standard InChI is InChI=1S/C15H27N5O/c1-3-9-21-15-19-13(16)18-14(20-15)17-10-12-7-5-11(4-2)6-8-12/h11-12H,3-10H2,1-2H3,(H3,16,17,18,19,20). The van der Waals surface area contributed by atoms with Crippen LogP contribution >= 0.6 is 0 Å². The van der Waals surface area contributed by atoms with Gasteiger partial charge in [0.25, 0.3) is 0 Å². The summed E-state index contributed by atoms with van der Waals surface area (Å²) >= 11 is 0. The highest BCUT2D eigenvalue weighted by Gasteiger charge is 2.20. The Balaban J connectivity index is 1.84. The Morgan fingerprint density at radius 3 is 2.48 bits per heavy atom. The summed E-state index contributed by atoms with van der Waals surface area (Å²) in [6, 6.07) is 0.307. The number of nitrogens with two attached hydrogens (primary N) is 1. The van der Waals surface area contributed by atoms with Crippen molar-refractivity contribution in [1.82, 2.24) is 15.0 Å². The summed E-state index contributed by atoms with van der Waals surface area (Å²) in [6.07, 6.45) is 7.47. The van der Waals surface area contributed by atoms with Gasteiger partial charge >= 0.3 is 6.01 Å². The van der Waals surface area contributed by atoms with Crippen LogP contribution in [0, 0.1) is 11.8 Å². The first-order valence-corrected chi connectivity index (χ1v) is 8.09. The van der Waals surface area contributed by atoms with E-state index >= 15 is 0 Å². The van der Waals surface area contributed by atoms with Gasteiger partial charge in [0.05, 0.1) is 6.61 Å². The zero-order chi connectivity index (χ0) is 15.1. The number of hydrogen-bond donors (Lipinski definition) is 2. The Labute approximate surface area is 126 Å². The maximum atomic E-state index is 5.69. The minimum absolute atomic E-state index is 0.202. The first kappa shape index (κ1) is 15.8. The lowest BCUT2D eigenvalue weighted by Crippen LogP contribution is -2.22. The third kappa shape index (κ3) is 5.02. The molecule has 0 bridgehead atoms. The van der Waals surface area contributed by atoms with E-state index in [1.54, 1.807) is 0 Å². The minimum atomic E-state index is 0.202. The third-order valence-electron chi connectivity index (χ3n) is 4.16. The van der Waals surface area contributed by atoms with E-state index in [1.165, 1.54) is 32.1 Å². The third-order valence-corrected chi connectivity index (χ3v) is 4.16. The van der Waals surface area contributed by atoms with Crippen molar-refractivity contribution in [3.8, 4) is 6.01 Å². The molecule has 1 aromatic rings. The molecule has 0 atom stereocenters. The molecule has 1 aromatic heterocycles. The molecule has 21 heavy (non-hydrogen) atoms. The topological polar surface area (TPSA) is 86.0 Å². The average Bonchev–Trinajstić information content (AvgIpc) is 2.51. The second-order valence-corrected chi connectivity index (χ2v) is 5.82. The summed E-state index contributed by atoms with van der Waals surface area (Å²) in [5, 5.41) is 3.28. The fraction of sp³-hybridized carbons (Fsp3) is 0.800. The molecule has 0 saturated heterocycles. The van der Waals surface area contributed by atoms with E-state index < -0.39 is 0 Å². The number of rotatable bonds is 7. The predicted octanol–water partition coefficient (Wildman–Crippen LogP) is 2.87. The van der Waals surface area contributed by atoms with Gasteiger partial charge in [0.2, 0.25) is 11.9 Å². The van der Waals surface area contributed by atoms with Crippen molar-refractivity contribution in [1.29, 1.82) is 0 Å². The molecule has 0 amide bonds. The number of aromatic nitrogens is 3. The summed E-state index contributed by atoms with van der Waals surface area (Å²) in [5.41, 5.74) is 5.69. The number of nitrogens with zero attached hydrogens (tertiary/aromatic N) is 3. The lowest BCUT2D eigenvalue weighted by molar-refractivity contribution is 0.277. The van der Waals surface area contributed by atoms with Crippen molar-refractivity contribution in [2.24, 2.45) is 11.8 Å². The van der Waals surface area contributed by atoms with Crippen LogP contribution in [-0.4, -0.2) is 28.1 Å². The maximum Gasteiger partial charge on any atom is 0.323 e. The van der Waals surface area contributed by atoms with Crippen LogP contribution in [0.1, 0.15) is 52.4 Å². The van der Waals surface area contributed by atoms with E-state index in [0.717, 1.165) is 18.9 Å². The number of ether oxygens (including phenoxy) is 1. The van der Waals surface area contributed by atoms with Crippen LogP contribution in [0.4, 0.5) is 11.9 Å². The van der Waals surface area contributed by atoms with E-state index in [9.17, 15) is 0 Å². The van der Waals surface area contributed by atoms with Crippen LogP contribution in [0.25, 0.3) is 0 Å². The SMILES string of the molecule is CCCOc1nc(N)nc(NCC2CCC(CC)CC2)n1. The van der Waals surface area contributed by atoms with Crippen molar-refractivity contribution in [3.05, 3.63) is 0 Å². The highest BCUT2D eigenvalue weighted by atomic mass is 16.5. The van der Waals surface area contributed by atoms with Gasteiger partial charge in [-0.15, -0.1) is 0 Å². The largest absolute Gasteiger partial charge is 0.463 e. The van der Waals surface area contributed by atoms with Gasteiger partial charge in [0.15, 0.2) is 0 Å². The van der Waals surface area contributed by atoms with E-state index in [-0.39, 0.29) is 5.95 Å². The summed E-state index contributed by atoms with van der Waals surface area (Å²) in [6.45, 7) is 5.81. The van der Waals surface area contributed by atoms with Gasteiger partial charge < -0.3 is 15.8 Å². The molecule has 0 unspecified atom stereocenters. The number of nitrogen functional groups attached to an aromatic ring is 1. The van der Waals surface area contributed by atoms with Crippen LogP contribution in [0.2, 0.25) is 0 Å². The van der Waals surface area contributed by atoms with Crippen molar-refractivity contribution in [3.63, 3.8) is 0 Å². The fourth-order valence-corrected chi connectivity index (χ4v) is 2.79. The first-order valence-electron chi connectivity index (χ1n) is 8.09. The molecule has 0 aliphatic heterocycles. The zero-order valence-corrected chi connectivity index (χ0v) is 13.1. The van der Waals surface area contributed by atoms with Gasteiger partial charge in [-0.3, -0.25) is 0 Å². The van der Waals surface area contributed by atoms with Gasteiger partial charge in [-0.2, -0.15) is 15.0 Å². The predicted molar refractivity (Wildman–Crippen MR) is 84.3 cm³/mol. The van der Waals surface area contributed by atoms with E-state index in [4.69, 9.17) is 10.5 Å². The average molecular weight is 293 g/mol. The number of anilines is 2. The van der Waals surface area contributed by atoms with Gasteiger partial charge in [0.1, 0.15) is 0 Å². The summed E-state index contributed by atoms with van der Waals surface area (Å²) in [4.78, 5) is 12.4. The summed E-state index contributed by atoms with van der Waals surface area (Å²) < 4.78 is 5.41. The monoisotopic (exact) mass is 293 g/mol. The number of hydrogen-bond acceptors (Lipinski definition) is 6. The highest BCUT2D eigenvalue weighted by molar-refractivity contribution is 5.32. The zero-order valence-electron chi connectivity index (χ0n) is 13.1. The van der Waals surface area contributed by atoms with Crippen molar-refractivity contribution >= 4 is 11.9 Å². The van der Waals surface area contributed by atoms with E-state index in [2.05, 4.69) is 27.2 Å². The normalized spacial score (nSPS) is 22.0. The molecule has 1 aliphatic carbocycles. The van der Waals surface area contributed by atoms with Gasteiger partial charge in [0, 0.05) is 6.54 Å². The number of nitrogens with one attached hydrogen (secondary N) is 1.